The number of halogens is 3. The summed E-state index contributed by atoms with van der Waals surface area (Å²) >= 11 is 0. The van der Waals surface area contributed by atoms with Crippen molar-refractivity contribution in [1.29, 1.82) is 0 Å². The summed E-state index contributed by atoms with van der Waals surface area (Å²) in [6.07, 6.45) is -4.48. The highest BCUT2D eigenvalue weighted by Crippen LogP contribution is 2.28. The van der Waals surface area contributed by atoms with E-state index >= 15 is 0 Å². The van der Waals surface area contributed by atoms with Crippen molar-refractivity contribution in [3.8, 4) is 0 Å². The van der Waals surface area contributed by atoms with Gasteiger partial charge in [0.1, 0.15) is 0 Å². The van der Waals surface area contributed by atoms with E-state index in [4.69, 9.17) is 5.73 Å². The molecule has 1 aromatic carbocycles. The average Bonchev–Trinajstić information content (AvgIpc) is 2.46. The Morgan fingerprint density at radius 2 is 1.90 bits per heavy atom. The van der Waals surface area contributed by atoms with Crippen LogP contribution in [0.5, 0.6) is 0 Å². The number of rotatable bonds is 3. The molecule has 2 rings (SSSR count). The first kappa shape index (κ1) is 14.3. The lowest BCUT2D eigenvalue weighted by Gasteiger charge is -2.18. The maximum absolute atomic E-state index is 12.4. The zero-order valence-electron chi connectivity index (χ0n) is 10.7. The van der Waals surface area contributed by atoms with Gasteiger partial charge in [-0.2, -0.15) is 13.2 Å². The van der Waals surface area contributed by atoms with Crippen molar-refractivity contribution in [3.05, 3.63) is 47.7 Å². The van der Waals surface area contributed by atoms with Gasteiger partial charge in [-0.25, -0.2) is 0 Å². The minimum atomic E-state index is -4.48. The molecule has 0 fully saturated rings. The Hall–Kier alpha value is -2.15. The summed E-state index contributed by atoms with van der Waals surface area (Å²) in [6.45, 7) is 0.389. The maximum Gasteiger partial charge on any atom is 0.435 e. The monoisotopic (exact) mass is 282 g/mol. The van der Waals surface area contributed by atoms with Crippen molar-refractivity contribution in [2.45, 2.75) is 12.7 Å². The van der Waals surface area contributed by atoms with Gasteiger partial charge in [0.25, 0.3) is 0 Å². The number of aromatic nitrogens is 2. The van der Waals surface area contributed by atoms with Crippen molar-refractivity contribution < 1.29 is 13.2 Å². The van der Waals surface area contributed by atoms with E-state index in [1.807, 2.05) is 24.3 Å². The molecule has 0 aliphatic heterocycles. The topological polar surface area (TPSA) is 55.0 Å². The molecule has 4 nitrogen and oxygen atoms in total. The van der Waals surface area contributed by atoms with Crippen LogP contribution in [0, 0.1) is 0 Å². The van der Waals surface area contributed by atoms with E-state index in [0.717, 1.165) is 17.3 Å². The molecule has 0 amide bonds. The molecular formula is C13H13F3N4. The summed E-state index contributed by atoms with van der Waals surface area (Å²) in [6, 6.07) is 9.55. The molecule has 0 spiro atoms. The van der Waals surface area contributed by atoms with Crippen molar-refractivity contribution in [2.75, 3.05) is 11.9 Å². The van der Waals surface area contributed by atoms with Crippen molar-refractivity contribution in [3.63, 3.8) is 0 Å². The lowest BCUT2D eigenvalue weighted by molar-refractivity contribution is -0.141. The molecule has 0 bridgehead atoms. The summed E-state index contributed by atoms with van der Waals surface area (Å²) in [4.78, 5) is 1.65. The number of hydrogen-bond acceptors (Lipinski definition) is 4. The minimum Gasteiger partial charge on any atom is -0.328 e. The number of nitrogens with two attached hydrogens (primary N) is 1. The molecule has 0 aliphatic rings. The molecule has 2 N–H and O–H groups in total. The van der Waals surface area contributed by atoms with Gasteiger partial charge in [-0.15, -0.1) is 10.2 Å². The van der Waals surface area contributed by atoms with Crippen LogP contribution in [0.3, 0.4) is 0 Å². The van der Waals surface area contributed by atoms with E-state index in [1.54, 1.807) is 11.9 Å². The summed E-state index contributed by atoms with van der Waals surface area (Å²) in [7, 11) is 1.70. The molecule has 1 aromatic heterocycles. The van der Waals surface area contributed by atoms with Crippen LogP contribution in [0.15, 0.2) is 36.4 Å². The molecule has 106 valence electrons. The molecule has 20 heavy (non-hydrogen) atoms. The largest absolute Gasteiger partial charge is 0.435 e. The van der Waals surface area contributed by atoms with E-state index < -0.39 is 11.9 Å². The first-order chi connectivity index (χ1) is 9.41. The molecule has 1 heterocycles. The van der Waals surface area contributed by atoms with E-state index in [1.165, 1.54) is 6.07 Å². The highest BCUT2D eigenvalue weighted by atomic mass is 19.4. The molecule has 7 heteroatoms. The molecular weight excluding hydrogens is 269 g/mol. The predicted octanol–water partition coefficient (Wildman–Crippen LogP) is 2.72. The lowest BCUT2D eigenvalue weighted by atomic mass is 10.2. The molecule has 0 unspecified atom stereocenters. The van der Waals surface area contributed by atoms with E-state index in [-0.39, 0.29) is 0 Å². The van der Waals surface area contributed by atoms with Crippen LogP contribution in [-0.4, -0.2) is 17.2 Å². The predicted molar refractivity (Wildman–Crippen MR) is 69.4 cm³/mol. The summed E-state index contributed by atoms with van der Waals surface area (Å²) in [5.74, 6) is 0.326. The molecule has 0 radical (unpaired) electrons. The third-order valence-corrected chi connectivity index (χ3v) is 2.82. The molecule has 0 aliphatic carbocycles. The Bertz CT molecular complexity index is 581. The molecule has 0 saturated carbocycles. The fraction of sp³-hybridized carbons (Fsp3) is 0.231. The molecule has 0 atom stereocenters. The second kappa shape index (κ2) is 5.46. The third-order valence-electron chi connectivity index (χ3n) is 2.82. The Morgan fingerprint density at radius 1 is 1.15 bits per heavy atom. The van der Waals surface area contributed by atoms with Crippen LogP contribution in [0.1, 0.15) is 11.3 Å². The summed E-state index contributed by atoms with van der Waals surface area (Å²) < 4.78 is 37.2. The normalized spacial score (nSPS) is 11.4. The average molecular weight is 282 g/mol. The van der Waals surface area contributed by atoms with E-state index in [9.17, 15) is 13.2 Å². The SMILES string of the molecule is CN(c1cccc(CN)c1)c1ccc(C(F)(F)F)nn1. The number of anilines is 2. The van der Waals surface area contributed by atoms with Gasteiger partial charge < -0.3 is 10.6 Å². The second-order valence-corrected chi connectivity index (χ2v) is 4.21. The zero-order valence-corrected chi connectivity index (χ0v) is 10.7. The maximum atomic E-state index is 12.4. The van der Waals surface area contributed by atoms with Crippen LogP contribution in [0.4, 0.5) is 24.7 Å². The third kappa shape index (κ3) is 3.05. The Kier molecular flexibility index (Phi) is 3.89. The first-order valence-electron chi connectivity index (χ1n) is 5.85. The summed E-state index contributed by atoms with van der Waals surface area (Å²) in [5, 5.41) is 6.80. The van der Waals surface area contributed by atoms with Crippen LogP contribution >= 0.6 is 0 Å². The van der Waals surface area contributed by atoms with Crippen molar-refractivity contribution in [2.24, 2.45) is 5.73 Å². The summed E-state index contributed by atoms with van der Waals surface area (Å²) in [5.41, 5.74) is 6.25. The van der Waals surface area contributed by atoms with E-state index in [2.05, 4.69) is 10.2 Å². The van der Waals surface area contributed by atoms with Crippen molar-refractivity contribution >= 4 is 11.5 Å². The highest BCUT2D eigenvalue weighted by Gasteiger charge is 2.33. The lowest BCUT2D eigenvalue weighted by Crippen LogP contribution is -2.15. The quantitative estimate of drug-likeness (QED) is 0.940. The Morgan fingerprint density at radius 3 is 2.45 bits per heavy atom. The number of alkyl halides is 3. The second-order valence-electron chi connectivity index (χ2n) is 4.21. The van der Waals surface area contributed by atoms with Crippen LogP contribution in [-0.2, 0) is 12.7 Å². The number of benzene rings is 1. The van der Waals surface area contributed by atoms with Crippen LogP contribution in [0.25, 0.3) is 0 Å². The fourth-order valence-electron chi connectivity index (χ4n) is 1.68. The van der Waals surface area contributed by atoms with Gasteiger partial charge in [-0.3, -0.25) is 0 Å². The number of nitrogens with zero attached hydrogens (tertiary/aromatic N) is 3. The Balaban J connectivity index is 2.26. The van der Waals surface area contributed by atoms with Crippen LogP contribution < -0.4 is 10.6 Å². The Labute approximate surface area is 114 Å². The van der Waals surface area contributed by atoms with Gasteiger partial charge in [0.15, 0.2) is 11.5 Å². The van der Waals surface area contributed by atoms with Gasteiger partial charge in [-0.1, -0.05) is 12.1 Å². The van der Waals surface area contributed by atoms with Gasteiger partial charge in [-0.05, 0) is 29.8 Å². The fourth-order valence-corrected chi connectivity index (χ4v) is 1.68. The van der Waals surface area contributed by atoms with E-state index in [0.29, 0.717) is 12.4 Å². The highest BCUT2D eigenvalue weighted by molar-refractivity contribution is 5.59. The molecule has 0 saturated heterocycles. The van der Waals surface area contributed by atoms with Gasteiger partial charge in [0.05, 0.1) is 0 Å². The van der Waals surface area contributed by atoms with Crippen LogP contribution in [0.2, 0.25) is 0 Å². The van der Waals surface area contributed by atoms with Crippen molar-refractivity contribution in [1.82, 2.24) is 10.2 Å². The van der Waals surface area contributed by atoms with Gasteiger partial charge in [0.2, 0.25) is 0 Å². The molecule has 2 aromatic rings. The zero-order chi connectivity index (χ0) is 14.8. The smallest absolute Gasteiger partial charge is 0.328 e. The first-order valence-corrected chi connectivity index (χ1v) is 5.85. The standard InChI is InChI=1S/C13H13F3N4/c1-20(10-4-2-3-9(7-10)8-17)12-6-5-11(18-19-12)13(14,15)16/h2-7H,8,17H2,1H3. The number of hydrogen-bond donors (Lipinski definition) is 1. The minimum absolute atomic E-state index is 0.326. The van der Waals surface area contributed by atoms with Gasteiger partial charge >= 0.3 is 6.18 Å². The van der Waals surface area contributed by atoms with Gasteiger partial charge in [0, 0.05) is 19.3 Å².